The topological polar surface area (TPSA) is 91.1 Å². The Labute approximate surface area is 140 Å². The van der Waals surface area contributed by atoms with Crippen molar-refractivity contribution in [3.05, 3.63) is 23.8 Å². The number of rotatable bonds is 4. The summed E-state index contributed by atoms with van der Waals surface area (Å²) >= 11 is 0. The zero-order chi connectivity index (χ0) is 17.2. The summed E-state index contributed by atoms with van der Waals surface area (Å²) in [6.45, 7) is 1.70. The summed E-state index contributed by atoms with van der Waals surface area (Å²) < 4.78 is 16.4. The Balaban J connectivity index is 1.90. The summed E-state index contributed by atoms with van der Waals surface area (Å²) in [4.78, 5) is 26.5. The molecule has 7 nitrogen and oxygen atoms in total. The SMILES string of the molecule is COCC1(C(N)=O)CCCN1C(=O)c1ccc2c(c1)OCCCO2. The van der Waals surface area contributed by atoms with E-state index in [-0.39, 0.29) is 12.5 Å². The van der Waals surface area contributed by atoms with Crippen molar-refractivity contribution in [3.8, 4) is 11.5 Å². The molecule has 0 bridgehead atoms. The number of carbonyl (C=O) groups is 2. The summed E-state index contributed by atoms with van der Waals surface area (Å²) in [5.41, 5.74) is 4.96. The minimum Gasteiger partial charge on any atom is -0.490 e. The van der Waals surface area contributed by atoms with E-state index in [9.17, 15) is 9.59 Å². The lowest BCUT2D eigenvalue weighted by Crippen LogP contribution is -2.58. The molecule has 2 heterocycles. The zero-order valence-electron chi connectivity index (χ0n) is 13.7. The van der Waals surface area contributed by atoms with Gasteiger partial charge in [0.25, 0.3) is 5.91 Å². The van der Waals surface area contributed by atoms with Crippen molar-refractivity contribution in [2.45, 2.75) is 24.8 Å². The largest absolute Gasteiger partial charge is 0.490 e. The van der Waals surface area contributed by atoms with E-state index in [0.29, 0.717) is 49.7 Å². The van der Waals surface area contributed by atoms with Gasteiger partial charge in [-0.15, -0.1) is 0 Å². The quantitative estimate of drug-likeness (QED) is 0.885. The number of methoxy groups -OCH3 is 1. The van der Waals surface area contributed by atoms with Gasteiger partial charge in [0.2, 0.25) is 5.91 Å². The van der Waals surface area contributed by atoms with Gasteiger partial charge in [-0.1, -0.05) is 0 Å². The summed E-state index contributed by atoms with van der Waals surface area (Å²) in [7, 11) is 1.50. The standard InChI is InChI=1S/C17H22N2O5/c1-22-11-17(16(18)21)6-2-7-19(17)15(20)12-4-5-13-14(10-12)24-9-3-8-23-13/h4-5,10H,2-3,6-9,11H2,1H3,(H2,18,21). The lowest BCUT2D eigenvalue weighted by Gasteiger charge is -2.35. The Bertz CT molecular complexity index is 648. The maximum Gasteiger partial charge on any atom is 0.254 e. The van der Waals surface area contributed by atoms with E-state index in [1.54, 1.807) is 18.2 Å². The summed E-state index contributed by atoms with van der Waals surface area (Å²) in [6.07, 6.45) is 2.01. The lowest BCUT2D eigenvalue weighted by molar-refractivity contribution is -0.130. The maximum atomic E-state index is 13.0. The monoisotopic (exact) mass is 334 g/mol. The second kappa shape index (κ2) is 6.68. The highest BCUT2D eigenvalue weighted by Gasteiger charge is 2.48. The van der Waals surface area contributed by atoms with Crippen molar-refractivity contribution in [3.63, 3.8) is 0 Å². The number of amides is 2. The molecule has 1 aromatic rings. The Kier molecular flexibility index (Phi) is 4.62. The molecule has 1 saturated heterocycles. The van der Waals surface area contributed by atoms with Gasteiger partial charge in [-0.3, -0.25) is 9.59 Å². The number of benzene rings is 1. The molecule has 0 aromatic heterocycles. The van der Waals surface area contributed by atoms with Gasteiger partial charge >= 0.3 is 0 Å². The van der Waals surface area contributed by atoms with E-state index in [2.05, 4.69) is 0 Å². The average molecular weight is 334 g/mol. The van der Waals surface area contributed by atoms with E-state index in [4.69, 9.17) is 19.9 Å². The van der Waals surface area contributed by atoms with E-state index in [0.717, 1.165) is 6.42 Å². The van der Waals surface area contributed by atoms with Gasteiger partial charge in [0.05, 0.1) is 19.8 Å². The van der Waals surface area contributed by atoms with Crippen molar-refractivity contribution in [2.75, 3.05) is 33.5 Å². The van der Waals surface area contributed by atoms with Crippen LogP contribution in [0.2, 0.25) is 0 Å². The molecule has 24 heavy (non-hydrogen) atoms. The van der Waals surface area contributed by atoms with Crippen LogP contribution in [-0.2, 0) is 9.53 Å². The molecule has 130 valence electrons. The number of nitrogens with zero attached hydrogens (tertiary/aromatic N) is 1. The third-order valence-corrected chi connectivity index (χ3v) is 4.57. The Morgan fingerprint density at radius 1 is 1.25 bits per heavy atom. The number of carbonyl (C=O) groups excluding carboxylic acids is 2. The van der Waals surface area contributed by atoms with Crippen molar-refractivity contribution < 1.29 is 23.8 Å². The van der Waals surface area contributed by atoms with Crippen LogP contribution in [-0.4, -0.2) is 55.7 Å². The minimum atomic E-state index is -1.09. The highest BCUT2D eigenvalue weighted by atomic mass is 16.5. The molecule has 2 aliphatic heterocycles. The smallest absolute Gasteiger partial charge is 0.254 e. The number of fused-ring (bicyclic) bond motifs is 1. The third-order valence-electron chi connectivity index (χ3n) is 4.57. The number of primary amides is 1. The fourth-order valence-corrected chi connectivity index (χ4v) is 3.34. The van der Waals surface area contributed by atoms with Crippen LogP contribution in [0.4, 0.5) is 0 Å². The molecule has 3 rings (SSSR count). The molecule has 0 saturated carbocycles. The second-order valence-electron chi connectivity index (χ2n) is 6.10. The molecule has 1 unspecified atom stereocenters. The molecule has 0 aliphatic carbocycles. The van der Waals surface area contributed by atoms with Crippen LogP contribution in [0.15, 0.2) is 18.2 Å². The molecule has 1 aromatic carbocycles. The molecule has 2 N–H and O–H groups in total. The highest BCUT2D eigenvalue weighted by molar-refractivity contribution is 6.00. The Hall–Kier alpha value is -2.28. The fraction of sp³-hybridized carbons (Fsp3) is 0.529. The van der Waals surface area contributed by atoms with Crippen LogP contribution in [0, 0.1) is 0 Å². The summed E-state index contributed by atoms with van der Waals surface area (Å²) in [6, 6.07) is 5.08. The van der Waals surface area contributed by atoms with Gasteiger partial charge in [0, 0.05) is 25.6 Å². The molecule has 1 atom stereocenters. The van der Waals surface area contributed by atoms with E-state index in [1.807, 2.05) is 0 Å². The molecule has 2 aliphatic rings. The van der Waals surface area contributed by atoms with Crippen LogP contribution in [0.5, 0.6) is 11.5 Å². The molecule has 0 radical (unpaired) electrons. The third kappa shape index (κ3) is 2.80. The van der Waals surface area contributed by atoms with Gasteiger partial charge in [0.15, 0.2) is 11.5 Å². The first-order valence-corrected chi connectivity index (χ1v) is 8.09. The van der Waals surface area contributed by atoms with Gasteiger partial charge in [-0.25, -0.2) is 0 Å². The van der Waals surface area contributed by atoms with Crippen molar-refractivity contribution in [1.29, 1.82) is 0 Å². The first kappa shape index (κ1) is 16.6. The second-order valence-corrected chi connectivity index (χ2v) is 6.10. The van der Waals surface area contributed by atoms with E-state index in [1.165, 1.54) is 12.0 Å². The maximum absolute atomic E-state index is 13.0. The van der Waals surface area contributed by atoms with E-state index >= 15 is 0 Å². The first-order valence-electron chi connectivity index (χ1n) is 8.09. The lowest BCUT2D eigenvalue weighted by atomic mass is 9.95. The predicted octanol–water partition coefficient (Wildman–Crippen LogP) is 0.954. The minimum absolute atomic E-state index is 0.0959. The molecule has 2 amide bonds. The Morgan fingerprint density at radius 3 is 2.71 bits per heavy atom. The van der Waals surface area contributed by atoms with Crippen LogP contribution in [0.3, 0.4) is 0 Å². The van der Waals surface area contributed by atoms with Crippen molar-refractivity contribution in [1.82, 2.24) is 4.90 Å². The van der Waals surface area contributed by atoms with Crippen molar-refractivity contribution >= 4 is 11.8 Å². The number of nitrogens with two attached hydrogens (primary N) is 1. The van der Waals surface area contributed by atoms with Crippen LogP contribution >= 0.6 is 0 Å². The van der Waals surface area contributed by atoms with Crippen LogP contribution < -0.4 is 15.2 Å². The fourth-order valence-electron chi connectivity index (χ4n) is 3.34. The van der Waals surface area contributed by atoms with Gasteiger partial charge in [-0.05, 0) is 31.0 Å². The van der Waals surface area contributed by atoms with Crippen LogP contribution in [0.25, 0.3) is 0 Å². The number of hydrogen-bond acceptors (Lipinski definition) is 5. The molecule has 7 heteroatoms. The number of ether oxygens (including phenoxy) is 3. The summed E-state index contributed by atoms with van der Waals surface area (Å²) in [5.74, 6) is 0.390. The highest BCUT2D eigenvalue weighted by Crippen LogP contribution is 2.34. The number of hydrogen-bond donors (Lipinski definition) is 1. The number of likely N-dealkylation sites (tertiary alicyclic amines) is 1. The van der Waals surface area contributed by atoms with Gasteiger partial charge < -0.3 is 24.8 Å². The predicted molar refractivity (Wildman–Crippen MR) is 86.1 cm³/mol. The molecular formula is C17H22N2O5. The zero-order valence-corrected chi connectivity index (χ0v) is 13.7. The van der Waals surface area contributed by atoms with Gasteiger partial charge in [-0.2, -0.15) is 0 Å². The van der Waals surface area contributed by atoms with Crippen LogP contribution in [0.1, 0.15) is 29.6 Å². The van der Waals surface area contributed by atoms with Crippen molar-refractivity contribution in [2.24, 2.45) is 5.73 Å². The normalized spacial score (nSPS) is 23.0. The Morgan fingerprint density at radius 2 is 2.00 bits per heavy atom. The molecule has 1 fully saturated rings. The average Bonchev–Trinajstić information content (AvgIpc) is 2.86. The molecular weight excluding hydrogens is 312 g/mol. The van der Waals surface area contributed by atoms with E-state index < -0.39 is 11.4 Å². The first-order chi connectivity index (χ1) is 11.6. The summed E-state index contributed by atoms with van der Waals surface area (Å²) in [5, 5.41) is 0. The molecule has 0 spiro atoms. The van der Waals surface area contributed by atoms with Gasteiger partial charge in [0.1, 0.15) is 5.54 Å².